The maximum atomic E-state index is 12.7. The average molecular weight is 466 g/mol. The summed E-state index contributed by atoms with van der Waals surface area (Å²) in [5, 5.41) is 2.60. The van der Waals surface area contributed by atoms with E-state index >= 15 is 0 Å². The number of hydrogen-bond acceptors (Lipinski definition) is 3. The number of halogens is 1. The molecule has 1 N–H and O–H groups in total. The van der Waals surface area contributed by atoms with Crippen molar-refractivity contribution in [2.75, 3.05) is 13.7 Å². The number of hydrogen-bond donors (Lipinski definition) is 1. The van der Waals surface area contributed by atoms with E-state index in [2.05, 4.69) is 27.9 Å². The Kier molecular flexibility index (Phi) is 7.44. The third-order valence-electron chi connectivity index (χ3n) is 4.06. The van der Waals surface area contributed by atoms with Crippen molar-refractivity contribution < 1.29 is 14.3 Å². The van der Waals surface area contributed by atoms with Crippen LogP contribution in [0.3, 0.4) is 0 Å². The zero-order valence-electron chi connectivity index (χ0n) is 15.2. The fourth-order valence-corrected chi connectivity index (χ4v) is 2.80. The van der Waals surface area contributed by atoms with Crippen LogP contribution in [0.4, 0.5) is 0 Å². The van der Waals surface area contributed by atoms with Gasteiger partial charge in [-0.25, -0.2) is 0 Å². The summed E-state index contributed by atoms with van der Waals surface area (Å²) in [7, 11) is 1.56. The molecule has 0 radical (unpaired) electrons. The Labute approximate surface area is 167 Å². The van der Waals surface area contributed by atoms with Gasteiger partial charge in [0.2, 0.25) is 5.91 Å². The van der Waals surface area contributed by atoms with Crippen LogP contribution in [-0.2, 0) is 16.1 Å². The van der Waals surface area contributed by atoms with Crippen LogP contribution in [0.25, 0.3) is 0 Å². The first-order valence-corrected chi connectivity index (χ1v) is 9.43. The lowest BCUT2D eigenvalue weighted by Gasteiger charge is -2.28. The summed E-state index contributed by atoms with van der Waals surface area (Å²) >= 11 is 2.21. The van der Waals surface area contributed by atoms with Gasteiger partial charge < -0.3 is 15.0 Å². The number of aryl methyl sites for hydroxylation is 1. The minimum absolute atomic E-state index is 0.117. The number of rotatable bonds is 7. The molecule has 0 fully saturated rings. The average Bonchev–Trinajstić information content (AvgIpc) is 2.65. The zero-order valence-corrected chi connectivity index (χ0v) is 17.3. The number of carbonyl (C=O) groups excluding carboxylic acids is 2. The molecule has 0 spiro atoms. The Morgan fingerprint density at radius 2 is 1.73 bits per heavy atom. The summed E-state index contributed by atoms with van der Waals surface area (Å²) in [6.45, 7) is 3.96. The molecule has 0 saturated carbocycles. The van der Waals surface area contributed by atoms with Gasteiger partial charge in [-0.05, 0) is 66.3 Å². The summed E-state index contributed by atoms with van der Waals surface area (Å²) in [4.78, 5) is 26.3. The third kappa shape index (κ3) is 5.72. The van der Waals surface area contributed by atoms with E-state index in [1.165, 1.54) is 4.90 Å². The molecule has 0 heterocycles. The molecule has 1 atom stereocenters. The van der Waals surface area contributed by atoms with Crippen LogP contribution in [0.5, 0.6) is 5.75 Å². The highest BCUT2D eigenvalue weighted by Gasteiger charge is 2.25. The number of benzene rings is 2. The molecule has 0 aliphatic carbocycles. The highest BCUT2D eigenvalue weighted by molar-refractivity contribution is 14.1. The van der Waals surface area contributed by atoms with Gasteiger partial charge in [0.1, 0.15) is 11.8 Å². The molecule has 2 rings (SSSR count). The maximum Gasteiger partial charge on any atom is 0.261 e. The monoisotopic (exact) mass is 466 g/mol. The van der Waals surface area contributed by atoms with Crippen LogP contribution < -0.4 is 10.1 Å². The molecule has 0 bridgehead atoms. The molecule has 0 aliphatic heterocycles. The molecule has 5 nitrogen and oxygen atoms in total. The highest BCUT2D eigenvalue weighted by atomic mass is 127. The van der Waals surface area contributed by atoms with Gasteiger partial charge in [-0.1, -0.05) is 29.8 Å². The number of nitrogens with zero attached hydrogens (tertiary/aromatic N) is 1. The quantitative estimate of drug-likeness (QED) is 0.639. The molecule has 26 heavy (non-hydrogen) atoms. The van der Waals surface area contributed by atoms with Crippen molar-refractivity contribution in [2.45, 2.75) is 26.4 Å². The van der Waals surface area contributed by atoms with Crippen molar-refractivity contribution in [2.24, 2.45) is 0 Å². The highest BCUT2D eigenvalue weighted by Crippen LogP contribution is 2.15. The van der Waals surface area contributed by atoms with E-state index in [1.54, 1.807) is 14.0 Å². The summed E-state index contributed by atoms with van der Waals surface area (Å²) in [5.41, 5.74) is 2.11. The summed E-state index contributed by atoms with van der Waals surface area (Å²) in [6.07, 6.45) is 0. The van der Waals surface area contributed by atoms with E-state index in [9.17, 15) is 9.59 Å². The number of nitrogens with one attached hydrogen (secondary N) is 1. The van der Waals surface area contributed by atoms with Crippen LogP contribution >= 0.6 is 22.6 Å². The number of ether oxygens (including phenoxy) is 1. The van der Waals surface area contributed by atoms with E-state index < -0.39 is 6.04 Å². The first kappa shape index (κ1) is 20.2. The fraction of sp³-hybridized carbons (Fsp3) is 0.300. The lowest BCUT2D eigenvalue weighted by atomic mass is 10.1. The Balaban J connectivity index is 2.10. The minimum atomic E-state index is -0.589. The topological polar surface area (TPSA) is 58.6 Å². The van der Waals surface area contributed by atoms with Crippen molar-refractivity contribution in [3.05, 3.63) is 63.2 Å². The van der Waals surface area contributed by atoms with Gasteiger partial charge in [-0.2, -0.15) is 0 Å². The van der Waals surface area contributed by atoms with Crippen LogP contribution in [0, 0.1) is 10.5 Å². The largest absolute Gasteiger partial charge is 0.484 e. The van der Waals surface area contributed by atoms with Gasteiger partial charge >= 0.3 is 0 Å². The molecule has 6 heteroatoms. The van der Waals surface area contributed by atoms with Gasteiger partial charge in [0.15, 0.2) is 6.61 Å². The van der Waals surface area contributed by atoms with Gasteiger partial charge in [-0.3, -0.25) is 9.59 Å². The van der Waals surface area contributed by atoms with E-state index in [4.69, 9.17) is 4.74 Å². The maximum absolute atomic E-state index is 12.7. The molecule has 0 aromatic heterocycles. The van der Waals surface area contributed by atoms with Crippen molar-refractivity contribution >= 4 is 34.4 Å². The van der Waals surface area contributed by atoms with Crippen molar-refractivity contribution in [3.63, 3.8) is 0 Å². The van der Waals surface area contributed by atoms with Crippen molar-refractivity contribution in [1.29, 1.82) is 0 Å². The summed E-state index contributed by atoms with van der Waals surface area (Å²) in [6, 6.07) is 14.8. The third-order valence-corrected chi connectivity index (χ3v) is 4.78. The van der Waals surface area contributed by atoms with Crippen molar-refractivity contribution in [1.82, 2.24) is 10.2 Å². The molecule has 2 aromatic rings. The predicted molar refractivity (Wildman–Crippen MR) is 110 cm³/mol. The summed E-state index contributed by atoms with van der Waals surface area (Å²) < 4.78 is 6.69. The zero-order chi connectivity index (χ0) is 19.1. The van der Waals surface area contributed by atoms with Crippen LogP contribution in [0.1, 0.15) is 18.1 Å². The molecular formula is C20H23IN2O3. The Hall–Kier alpha value is -2.09. The first-order chi connectivity index (χ1) is 12.4. The van der Waals surface area contributed by atoms with Crippen LogP contribution in [-0.4, -0.2) is 36.4 Å². The fourth-order valence-electron chi connectivity index (χ4n) is 2.44. The SMILES string of the molecule is CNC(=O)[C@@H](C)N(Cc1ccc(C)cc1)C(=O)COc1ccc(I)cc1. The van der Waals surface area contributed by atoms with Crippen LogP contribution in [0.2, 0.25) is 0 Å². The molecular weight excluding hydrogens is 443 g/mol. The predicted octanol–water partition coefficient (Wildman–Crippen LogP) is 3.14. The molecule has 0 saturated heterocycles. The second kappa shape index (κ2) is 9.56. The van der Waals surface area contributed by atoms with E-state index in [0.717, 1.165) is 14.7 Å². The van der Waals surface area contributed by atoms with Crippen LogP contribution in [0.15, 0.2) is 48.5 Å². The molecule has 138 valence electrons. The Bertz CT molecular complexity index is 745. The Morgan fingerprint density at radius 3 is 2.31 bits per heavy atom. The van der Waals surface area contributed by atoms with Gasteiger partial charge in [0.25, 0.3) is 5.91 Å². The Morgan fingerprint density at radius 1 is 1.12 bits per heavy atom. The standard InChI is InChI=1S/C20H23IN2O3/c1-14-4-6-16(7-5-14)12-23(15(2)20(25)22-3)19(24)13-26-18-10-8-17(21)9-11-18/h4-11,15H,12-13H2,1-3H3,(H,22,25)/t15-/m1/s1. The number of likely N-dealkylation sites (N-methyl/N-ethyl adjacent to an activating group) is 1. The van der Waals surface area contributed by atoms with E-state index in [-0.39, 0.29) is 18.4 Å². The number of amides is 2. The first-order valence-electron chi connectivity index (χ1n) is 8.35. The van der Waals surface area contributed by atoms with Gasteiger partial charge in [-0.15, -0.1) is 0 Å². The molecule has 2 amide bonds. The second-order valence-electron chi connectivity index (χ2n) is 6.04. The number of carbonyl (C=O) groups is 2. The van der Waals surface area contributed by atoms with Gasteiger partial charge in [0.05, 0.1) is 0 Å². The van der Waals surface area contributed by atoms with Crippen molar-refractivity contribution in [3.8, 4) is 5.75 Å². The molecule has 0 unspecified atom stereocenters. The molecule has 0 aliphatic rings. The molecule has 2 aromatic carbocycles. The smallest absolute Gasteiger partial charge is 0.261 e. The van der Waals surface area contributed by atoms with E-state index in [1.807, 2.05) is 55.5 Å². The van der Waals surface area contributed by atoms with E-state index in [0.29, 0.717) is 12.3 Å². The normalized spacial score (nSPS) is 11.5. The lowest BCUT2D eigenvalue weighted by Crippen LogP contribution is -2.48. The lowest BCUT2D eigenvalue weighted by molar-refractivity contribution is -0.142. The van der Waals surface area contributed by atoms with Gasteiger partial charge in [0, 0.05) is 17.2 Å². The summed E-state index contributed by atoms with van der Waals surface area (Å²) in [5.74, 6) is 0.182. The second-order valence-corrected chi connectivity index (χ2v) is 7.29. The minimum Gasteiger partial charge on any atom is -0.484 e.